The fraction of sp³-hybridized carbons (Fsp3) is 0.571. The van der Waals surface area contributed by atoms with Crippen LogP contribution in [0.15, 0.2) is 18.2 Å². The van der Waals surface area contributed by atoms with E-state index in [1.54, 1.807) is 6.07 Å². The lowest BCUT2D eigenvalue weighted by Gasteiger charge is -2.18. The summed E-state index contributed by atoms with van der Waals surface area (Å²) in [5.41, 5.74) is 0.899. The van der Waals surface area contributed by atoms with Gasteiger partial charge < -0.3 is 5.32 Å². The minimum Gasteiger partial charge on any atom is -0.317 e. The molecule has 0 fully saturated rings. The van der Waals surface area contributed by atoms with Gasteiger partial charge in [-0.25, -0.2) is 4.39 Å². The van der Waals surface area contributed by atoms with Crippen molar-refractivity contribution in [3.8, 4) is 0 Å². The van der Waals surface area contributed by atoms with Crippen molar-refractivity contribution in [2.75, 3.05) is 7.05 Å². The third kappa shape index (κ3) is 4.64. The summed E-state index contributed by atoms with van der Waals surface area (Å²) >= 11 is 5.93. The first-order valence-corrected chi connectivity index (χ1v) is 6.52. The quantitative estimate of drug-likeness (QED) is 0.811. The molecule has 0 bridgehead atoms. The molecule has 0 aliphatic carbocycles. The molecular formula is C14H21ClFN. The van der Waals surface area contributed by atoms with Gasteiger partial charge in [0.2, 0.25) is 0 Å². The van der Waals surface area contributed by atoms with Crippen LogP contribution >= 0.6 is 11.6 Å². The number of aryl methyl sites for hydroxylation is 1. The van der Waals surface area contributed by atoms with Crippen molar-refractivity contribution in [2.24, 2.45) is 5.92 Å². The Kier molecular flexibility index (Phi) is 5.93. The number of rotatable bonds is 6. The van der Waals surface area contributed by atoms with E-state index >= 15 is 0 Å². The van der Waals surface area contributed by atoms with Gasteiger partial charge in [0.25, 0.3) is 0 Å². The first-order valence-electron chi connectivity index (χ1n) is 6.14. The highest BCUT2D eigenvalue weighted by Crippen LogP contribution is 2.22. The van der Waals surface area contributed by atoms with Crippen molar-refractivity contribution >= 4 is 11.6 Å². The van der Waals surface area contributed by atoms with E-state index in [9.17, 15) is 4.39 Å². The lowest BCUT2D eigenvalue weighted by atomic mass is 9.97. The normalized spacial score (nSPS) is 13.1. The van der Waals surface area contributed by atoms with Gasteiger partial charge in [-0.05, 0) is 43.9 Å². The second-order valence-corrected chi connectivity index (χ2v) is 5.24. The highest BCUT2D eigenvalue weighted by Gasteiger charge is 2.11. The Balaban J connectivity index is 2.56. The summed E-state index contributed by atoms with van der Waals surface area (Å²) in [7, 11) is 1.97. The van der Waals surface area contributed by atoms with E-state index in [4.69, 9.17) is 11.6 Å². The zero-order valence-electron chi connectivity index (χ0n) is 10.8. The molecule has 1 rings (SSSR count). The van der Waals surface area contributed by atoms with Crippen LogP contribution in [0.2, 0.25) is 5.02 Å². The molecule has 17 heavy (non-hydrogen) atoms. The number of nitrogens with one attached hydrogen (secondary N) is 1. The van der Waals surface area contributed by atoms with Crippen LogP contribution in [0.25, 0.3) is 0 Å². The number of halogens is 2. The van der Waals surface area contributed by atoms with Crippen LogP contribution in [0, 0.1) is 11.7 Å². The molecule has 0 aromatic heterocycles. The van der Waals surface area contributed by atoms with E-state index < -0.39 is 0 Å². The maximum atomic E-state index is 13.2. The van der Waals surface area contributed by atoms with Gasteiger partial charge in [0.1, 0.15) is 5.82 Å². The average Bonchev–Trinajstić information content (AvgIpc) is 2.28. The SMILES string of the molecule is CNC(CCc1cccc(F)c1Cl)CC(C)C. The van der Waals surface area contributed by atoms with Crippen molar-refractivity contribution in [2.45, 2.75) is 39.2 Å². The van der Waals surface area contributed by atoms with E-state index in [1.165, 1.54) is 6.07 Å². The minimum atomic E-state index is -0.325. The molecule has 0 saturated heterocycles. The Hall–Kier alpha value is -0.600. The highest BCUT2D eigenvalue weighted by atomic mass is 35.5. The maximum absolute atomic E-state index is 13.2. The van der Waals surface area contributed by atoms with E-state index in [0.717, 1.165) is 24.8 Å². The number of hydrogen-bond donors (Lipinski definition) is 1. The molecule has 0 radical (unpaired) electrons. The topological polar surface area (TPSA) is 12.0 Å². The predicted molar refractivity (Wildman–Crippen MR) is 72.0 cm³/mol. The van der Waals surface area contributed by atoms with Gasteiger partial charge in [-0.1, -0.05) is 37.6 Å². The molecule has 1 unspecified atom stereocenters. The fourth-order valence-corrected chi connectivity index (χ4v) is 2.24. The van der Waals surface area contributed by atoms with Gasteiger partial charge in [0.15, 0.2) is 0 Å². The zero-order chi connectivity index (χ0) is 12.8. The highest BCUT2D eigenvalue weighted by molar-refractivity contribution is 6.31. The van der Waals surface area contributed by atoms with Gasteiger partial charge in [-0.2, -0.15) is 0 Å². The molecule has 1 aromatic carbocycles. The number of hydrogen-bond acceptors (Lipinski definition) is 1. The number of benzene rings is 1. The molecule has 0 amide bonds. The van der Waals surface area contributed by atoms with Crippen molar-refractivity contribution in [3.05, 3.63) is 34.6 Å². The van der Waals surface area contributed by atoms with E-state index in [1.807, 2.05) is 13.1 Å². The van der Waals surface area contributed by atoms with Gasteiger partial charge >= 0.3 is 0 Å². The van der Waals surface area contributed by atoms with Gasteiger partial charge in [-0.15, -0.1) is 0 Å². The summed E-state index contributed by atoms with van der Waals surface area (Å²) in [6.07, 6.45) is 2.93. The Morgan fingerprint density at radius 3 is 2.65 bits per heavy atom. The van der Waals surface area contributed by atoms with E-state index in [0.29, 0.717) is 12.0 Å². The third-order valence-corrected chi connectivity index (χ3v) is 3.38. The maximum Gasteiger partial charge on any atom is 0.142 e. The molecule has 0 saturated carbocycles. The molecule has 96 valence electrons. The first-order chi connectivity index (χ1) is 8.04. The molecule has 0 aliphatic rings. The predicted octanol–water partition coefficient (Wildman–Crippen LogP) is 4.05. The van der Waals surface area contributed by atoms with Gasteiger partial charge in [0, 0.05) is 6.04 Å². The fourth-order valence-electron chi connectivity index (χ4n) is 2.02. The minimum absolute atomic E-state index is 0.270. The van der Waals surface area contributed by atoms with E-state index in [-0.39, 0.29) is 10.8 Å². The second kappa shape index (κ2) is 6.97. The van der Waals surface area contributed by atoms with Crippen LogP contribution < -0.4 is 5.32 Å². The summed E-state index contributed by atoms with van der Waals surface area (Å²) in [6.45, 7) is 4.42. The summed E-state index contributed by atoms with van der Waals surface area (Å²) in [5, 5.41) is 3.57. The van der Waals surface area contributed by atoms with Crippen molar-refractivity contribution < 1.29 is 4.39 Å². The smallest absolute Gasteiger partial charge is 0.142 e. The zero-order valence-corrected chi connectivity index (χ0v) is 11.5. The van der Waals surface area contributed by atoms with Crippen LogP contribution in [0.1, 0.15) is 32.3 Å². The summed E-state index contributed by atoms with van der Waals surface area (Å²) in [5.74, 6) is 0.337. The molecule has 1 atom stereocenters. The first kappa shape index (κ1) is 14.5. The lowest BCUT2D eigenvalue weighted by Crippen LogP contribution is -2.27. The Bertz CT molecular complexity index is 352. The second-order valence-electron chi connectivity index (χ2n) is 4.87. The molecule has 0 heterocycles. The van der Waals surface area contributed by atoms with Crippen molar-refractivity contribution in [3.63, 3.8) is 0 Å². The molecule has 3 heteroatoms. The van der Waals surface area contributed by atoms with Gasteiger partial charge in [-0.3, -0.25) is 0 Å². The van der Waals surface area contributed by atoms with Crippen LogP contribution in [-0.4, -0.2) is 13.1 Å². The Morgan fingerprint density at radius 1 is 1.35 bits per heavy atom. The van der Waals surface area contributed by atoms with Crippen LogP contribution in [0.4, 0.5) is 4.39 Å². The molecule has 1 N–H and O–H groups in total. The average molecular weight is 258 g/mol. The van der Waals surface area contributed by atoms with Crippen molar-refractivity contribution in [1.29, 1.82) is 0 Å². The molecular weight excluding hydrogens is 237 g/mol. The molecule has 0 spiro atoms. The largest absolute Gasteiger partial charge is 0.317 e. The van der Waals surface area contributed by atoms with Gasteiger partial charge in [0.05, 0.1) is 5.02 Å². The van der Waals surface area contributed by atoms with Crippen LogP contribution in [0.5, 0.6) is 0 Å². The Morgan fingerprint density at radius 2 is 2.06 bits per heavy atom. The lowest BCUT2D eigenvalue weighted by molar-refractivity contribution is 0.421. The summed E-state index contributed by atoms with van der Waals surface area (Å²) in [6, 6.07) is 5.48. The third-order valence-electron chi connectivity index (χ3n) is 2.96. The van der Waals surface area contributed by atoms with E-state index in [2.05, 4.69) is 19.2 Å². The summed E-state index contributed by atoms with van der Waals surface area (Å²) < 4.78 is 13.2. The van der Waals surface area contributed by atoms with Crippen LogP contribution in [-0.2, 0) is 6.42 Å². The summed E-state index contributed by atoms with van der Waals surface area (Å²) in [4.78, 5) is 0. The monoisotopic (exact) mass is 257 g/mol. The van der Waals surface area contributed by atoms with Crippen LogP contribution in [0.3, 0.4) is 0 Å². The molecule has 1 nitrogen and oxygen atoms in total. The standard InChI is InChI=1S/C14H21ClFN/c1-10(2)9-12(17-3)8-7-11-5-4-6-13(16)14(11)15/h4-6,10,12,17H,7-9H2,1-3H3. The Labute approximate surface area is 108 Å². The van der Waals surface area contributed by atoms with Crippen molar-refractivity contribution in [1.82, 2.24) is 5.32 Å². The molecule has 0 aliphatic heterocycles. The molecule has 1 aromatic rings.